The Morgan fingerprint density at radius 2 is 1.33 bits per heavy atom. The summed E-state index contributed by atoms with van der Waals surface area (Å²) in [6, 6.07) is 0. The number of hydrogen-bond donors (Lipinski definition) is 2. The third kappa shape index (κ3) is 56.4. The second-order valence-electron chi connectivity index (χ2n) is 0.283. The maximum atomic E-state index is 8.74. The Hall–Kier alpha value is 1.33. The molecule has 6 heteroatoms. The summed E-state index contributed by atoms with van der Waals surface area (Å²) in [7, 11) is -3.13. The molecule has 0 aliphatic rings. The molecule has 0 heterocycles. The van der Waals surface area contributed by atoms with E-state index in [4.69, 9.17) is 14.1 Å². The second-order valence-corrected chi connectivity index (χ2v) is 0.848. The van der Waals surface area contributed by atoms with Crippen LogP contribution in [0.2, 0.25) is 0 Å². The van der Waals surface area contributed by atoms with Crippen molar-refractivity contribution in [2.24, 2.45) is 0 Å². The van der Waals surface area contributed by atoms with E-state index in [0.29, 0.717) is 0 Å². The van der Waals surface area contributed by atoms with Gasteiger partial charge in [-0.1, -0.05) is 0 Å². The molecule has 0 spiro atoms. The van der Waals surface area contributed by atoms with E-state index in [9.17, 15) is 0 Å². The zero-order valence-corrected chi connectivity index (χ0v) is 4.86. The smallest absolute Gasteiger partial charge is 0 e. The van der Waals surface area contributed by atoms with E-state index in [-0.39, 0.29) is 51.3 Å². The molecule has 2 N–H and O–H groups in total. The summed E-state index contributed by atoms with van der Waals surface area (Å²) in [4.78, 5) is 14.3. The molecule has 0 saturated heterocycles. The molecule has 0 rings (SSSR count). The molecule has 0 atom stereocenters. The van der Waals surface area contributed by atoms with Gasteiger partial charge in [-0.25, -0.2) is 0 Å². The molecule has 0 radical (unpaired) electrons. The first kappa shape index (κ1) is 15.7. The van der Waals surface area contributed by atoms with Crippen molar-refractivity contribution in [1.29, 1.82) is 0 Å². The van der Waals surface area contributed by atoms with Gasteiger partial charge in [0.15, 0.2) is 0 Å². The van der Waals surface area contributed by atoms with E-state index in [1.807, 2.05) is 0 Å². The van der Waals surface area contributed by atoms with E-state index in [1.165, 1.54) is 0 Å². The molecule has 0 aliphatic carbocycles. The maximum absolute atomic E-state index is 8.74. The van der Waals surface area contributed by atoms with E-state index in [0.717, 1.165) is 0 Å². The molecular weight excluding hydrogens is 147 g/mol. The van der Waals surface area contributed by atoms with Crippen molar-refractivity contribution in [3.05, 3.63) is 0 Å². The van der Waals surface area contributed by atoms with Crippen molar-refractivity contribution in [1.82, 2.24) is 0 Å². The molecule has 0 fully saturated rings. The summed E-state index contributed by atoms with van der Waals surface area (Å²) in [5.74, 6) is 0. The summed E-state index contributed by atoms with van der Waals surface area (Å²) < 4.78 is 8.74. The van der Waals surface area contributed by atoms with Gasteiger partial charge in [-0.05, 0) is 0 Å². The zero-order chi connectivity index (χ0) is 3.58. The van der Waals surface area contributed by atoms with Crippen LogP contribution in [0.5, 0.6) is 0 Å². The molecule has 0 amide bonds. The topological polar surface area (TPSA) is 57.5 Å². The molecule has 0 saturated carbocycles. The van der Waals surface area contributed by atoms with Crippen LogP contribution in [-0.4, -0.2) is 48.3 Å². The van der Waals surface area contributed by atoms with Crippen LogP contribution in [0.3, 0.4) is 0 Å². The van der Waals surface area contributed by atoms with Crippen molar-refractivity contribution in [2.75, 3.05) is 0 Å². The van der Waals surface area contributed by atoms with Gasteiger partial charge >= 0.3 is 38.7 Å². The van der Waals surface area contributed by atoms with Gasteiger partial charge in [-0.15, -0.1) is 0 Å². The molecule has 0 aromatic heterocycles. The average molecular weight is 150 g/mol. The first-order chi connectivity index (χ1) is 1.73. The Morgan fingerprint density at radius 3 is 1.33 bits per heavy atom. The van der Waals surface area contributed by atoms with Gasteiger partial charge in [0.2, 0.25) is 0 Å². The van der Waals surface area contributed by atoms with Gasteiger partial charge in [0.1, 0.15) is 0 Å². The monoisotopic (exact) mass is 150 g/mol. The van der Waals surface area contributed by atoms with Gasteiger partial charge in [0.05, 0.1) is 0 Å². The Labute approximate surface area is 73.8 Å². The molecule has 0 bridgehead atoms. The van der Waals surface area contributed by atoms with Crippen LogP contribution in [0.1, 0.15) is 0 Å². The fourth-order valence-electron chi connectivity index (χ4n) is 0. The van der Waals surface area contributed by atoms with Crippen molar-refractivity contribution in [2.45, 2.75) is 0 Å². The zero-order valence-electron chi connectivity index (χ0n) is 2.30. The van der Waals surface area contributed by atoms with Gasteiger partial charge < -0.3 is 9.59 Å². The summed E-state index contributed by atoms with van der Waals surface area (Å²) in [6.45, 7) is 0. The SMILES string of the molecule is O=[Si](O)O.[NaH].[Ti]. The van der Waals surface area contributed by atoms with E-state index < -0.39 is 9.17 Å². The fraction of sp³-hybridized carbons (Fsp3) is 0. The minimum Gasteiger partial charge on any atom is 0 e. The fourth-order valence-corrected chi connectivity index (χ4v) is 0. The minimum atomic E-state index is -3.13. The van der Waals surface area contributed by atoms with Crippen molar-refractivity contribution >= 4 is 38.7 Å². The Morgan fingerprint density at radius 1 is 1.33 bits per heavy atom. The molecule has 0 aliphatic heterocycles. The van der Waals surface area contributed by atoms with Crippen LogP contribution in [0, 0.1) is 0 Å². The molecule has 30 valence electrons. The van der Waals surface area contributed by atoms with Gasteiger partial charge in [-0.3, -0.25) is 4.46 Å². The number of hydrogen-bond acceptors (Lipinski definition) is 1. The van der Waals surface area contributed by atoms with Crippen LogP contribution >= 0.6 is 0 Å². The normalized spacial score (nSPS) is 4.00. The Balaban J connectivity index is -0.0000000450. The van der Waals surface area contributed by atoms with E-state index >= 15 is 0 Å². The third-order valence-electron chi connectivity index (χ3n) is 0. The predicted octanol–water partition coefficient (Wildman–Crippen LogP) is -2.26. The van der Waals surface area contributed by atoms with Crippen LogP contribution in [0.15, 0.2) is 0 Å². The standard InChI is InChI=1S/Na.H2O3Si.Ti.H/c;1-4(2)3;;/h;1-2H;;. The average Bonchev–Trinajstić information content (AvgIpc) is 0.811. The molecule has 3 nitrogen and oxygen atoms in total. The summed E-state index contributed by atoms with van der Waals surface area (Å²) in [6.07, 6.45) is 0. The molecule has 0 aromatic rings. The van der Waals surface area contributed by atoms with Crippen LogP contribution < -0.4 is 0 Å². The molecular formula is H3NaO3SiTi. The van der Waals surface area contributed by atoms with Crippen LogP contribution in [0.25, 0.3) is 0 Å². The Kier molecular flexibility index (Phi) is 25.0. The predicted molar refractivity (Wildman–Crippen MR) is 18.0 cm³/mol. The van der Waals surface area contributed by atoms with Crippen molar-refractivity contribution in [3.63, 3.8) is 0 Å². The van der Waals surface area contributed by atoms with Crippen LogP contribution in [0.4, 0.5) is 0 Å². The summed E-state index contributed by atoms with van der Waals surface area (Å²) in [5.41, 5.74) is 0. The Bertz CT molecular complexity index is 33.8. The van der Waals surface area contributed by atoms with E-state index in [2.05, 4.69) is 0 Å². The van der Waals surface area contributed by atoms with Crippen molar-refractivity contribution < 1.29 is 35.8 Å². The largest absolute Gasteiger partial charge is 0 e. The summed E-state index contributed by atoms with van der Waals surface area (Å²) >= 11 is 0. The molecule has 0 unspecified atom stereocenters. The third-order valence-corrected chi connectivity index (χ3v) is 0. The van der Waals surface area contributed by atoms with Gasteiger partial charge in [0, 0.05) is 21.7 Å². The van der Waals surface area contributed by atoms with Crippen LogP contribution in [-0.2, 0) is 26.2 Å². The van der Waals surface area contributed by atoms with E-state index in [1.54, 1.807) is 0 Å². The van der Waals surface area contributed by atoms with Crippen molar-refractivity contribution in [3.8, 4) is 0 Å². The van der Waals surface area contributed by atoms with Gasteiger partial charge in [-0.2, -0.15) is 0 Å². The first-order valence-electron chi connectivity index (χ1n) is 0.651. The minimum absolute atomic E-state index is 0. The number of rotatable bonds is 0. The summed E-state index contributed by atoms with van der Waals surface area (Å²) in [5, 5.41) is 0. The quantitative estimate of drug-likeness (QED) is 0.383. The second kappa shape index (κ2) is 9.59. The maximum Gasteiger partial charge on any atom is 0 e. The first-order valence-corrected chi connectivity index (χ1v) is 1.95. The molecule has 0 aromatic carbocycles. The molecule has 6 heavy (non-hydrogen) atoms. The van der Waals surface area contributed by atoms with Gasteiger partial charge in [0.25, 0.3) is 0 Å².